The smallest absolute Gasteiger partial charge is 0.317 e. The summed E-state index contributed by atoms with van der Waals surface area (Å²) in [5.74, 6) is -0.0631. The van der Waals surface area contributed by atoms with Crippen LogP contribution in [0.5, 0.6) is 0 Å². The van der Waals surface area contributed by atoms with E-state index in [9.17, 15) is 9.59 Å². The molecule has 1 heterocycles. The number of thiophene rings is 1. The highest BCUT2D eigenvalue weighted by atomic mass is 32.1. The summed E-state index contributed by atoms with van der Waals surface area (Å²) in [7, 11) is 0. The Morgan fingerprint density at radius 1 is 1.22 bits per heavy atom. The molecule has 0 bridgehead atoms. The van der Waals surface area contributed by atoms with Crippen molar-refractivity contribution in [1.29, 1.82) is 0 Å². The third-order valence-corrected chi connectivity index (χ3v) is 5.36. The third-order valence-electron chi connectivity index (χ3n) is 4.18. The Morgan fingerprint density at radius 2 is 1.96 bits per heavy atom. The van der Waals surface area contributed by atoms with E-state index < -0.39 is 11.9 Å². The fourth-order valence-electron chi connectivity index (χ4n) is 3.04. The summed E-state index contributed by atoms with van der Waals surface area (Å²) >= 11 is 1.36. The van der Waals surface area contributed by atoms with Crippen molar-refractivity contribution in [2.75, 3.05) is 5.32 Å². The quantitative estimate of drug-likeness (QED) is 0.805. The molecule has 6 heteroatoms. The molecule has 0 saturated heterocycles. The molecule has 1 aromatic carbocycles. The van der Waals surface area contributed by atoms with Gasteiger partial charge in [0.15, 0.2) is 0 Å². The average molecular weight is 329 g/mol. The van der Waals surface area contributed by atoms with Crippen molar-refractivity contribution in [2.45, 2.75) is 32.6 Å². The van der Waals surface area contributed by atoms with Gasteiger partial charge in [0, 0.05) is 4.88 Å². The van der Waals surface area contributed by atoms with Gasteiger partial charge < -0.3 is 11.5 Å². The van der Waals surface area contributed by atoms with Gasteiger partial charge in [-0.3, -0.25) is 10.1 Å². The summed E-state index contributed by atoms with van der Waals surface area (Å²) in [6.45, 7) is 4.34. The second-order valence-electron chi connectivity index (χ2n) is 6.04. The maximum Gasteiger partial charge on any atom is 0.317 e. The molecule has 1 aromatic heterocycles. The Morgan fingerprint density at radius 3 is 2.57 bits per heavy atom. The molecule has 3 rings (SSSR count). The Hall–Kier alpha value is -2.34. The number of nitrogens with one attached hydrogen (secondary N) is 1. The van der Waals surface area contributed by atoms with Crippen molar-refractivity contribution < 1.29 is 9.59 Å². The van der Waals surface area contributed by atoms with Gasteiger partial charge in [0.1, 0.15) is 5.00 Å². The number of anilines is 1. The predicted octanol–water partition coefficient (Wildman–Crippen LogP) is 3.23. The largest absolute Gasteiger partial charge is 0.365 e. The third kappa shape index (κ3) is 2.70. The topological polar surface area (TPSA) is 98.2 Å². The fraction of sp³-hybridized carbons (Fsp3) is 0.294. The zero-order valence-electron chi connectivity index (χ0n) is 13.1. The molecule has 0 saturated carbocycles. The van der Waals surface area contributed by atoms with Crippen LogP contribution in [0.15, 0.2) is 18.2 Å². The first-order chi connectivity index (χ1) is 10.9. The number of aryl methyl sites for hydroxylation is 1. The molecule has 5 N–H and O–H groups in total. The lowest BCUT2D eigenvalue weighted by Gasteiger charge is -2.19. The van der Waals surface area contributed by atoms with Gasteiger partial charge in [-0.25, -0.2) is 4.79 Å². The van der Waals surface area contributed by atoms with E-state index in [0.717, 1.165) is 28.8 Å². The number of fused-ring (bicyclic) bond motifs is 3. The first-order valence-corrected chi connectivity index (χ1v) is 8.35. The van der Waals surface area contributed by atoms with Gasteiger partial charge in [0.05, 0.1) is 5.56 Å². The lowest BCUT2D eigenvalue weighted by Crippen LogP contribution is -2.22. The SMILES string of the molecule is CC(C)c1ccc2c(c1)CCc1c-2sc(NC(N)=O)c1C(N)=O. The predicted molar refractivity (Wildman–Crippen MR) is 93.0 cm³/mol. The normalized spacial score (nSPS) is 12.7. The minimum absolute atomic E-state index is 0.391. The maximum absolute atomic E-state index is 11.8. The van der Waals surface area contributed by atoms with Gasteiger partial charge >= 0.3 is 6.03 Å². The molecule has 1 aliphatic rings. The number of carbonyl (C=O) groups excluding carboxylic acids is 2. The van der Waals surface area contributed by atoms with E-state index in [1.54, 1.807) is 0 Å². The molecule has 1 aliphatic carbocycles. The Kier molecular flexibility index (Phi) is 3.85. The van der Waals surface area contributed by atoms with Crippen molar-refractivity contribution in [3.63, 3.8) is 0 Å². The number of benzene rings is 1. The highest BCUT2D eigenvalue weighted by molar-refractivity contribution is 7.20. The standard InChI is InChI=1S/C17H19N3O2S/c1-8(2)9-3-5-11-10(7-9)4-6-12-13(15(18)21)16(20-17(19)22)23-14(11)12/h3,5,7-8H,4,6H2,1-2H3,(H2,18,21)(H3,19,20,22). The molecule has 0 fully saturated rings. The van der Waals surface area contributed by atoms with Gasteiger partial charge in [-0.05, 0) is 41.0 Å². The summed E-state index contributed by atoms with van der Waals surface area (Å²) in [6.07, 6.45) is 1.59. The number of primary amides is 2. The Bertz CT molecular complexity index is 808. The number of amides is 3. The van der Waals surface area contributed by atoms with Crippen molar-refractivity contribution in [1.82, 2.24) is 0 Å². The second kappa shape index (κ2) is 5.70. The Labute approximate surface area is 138 Å². The fourth-order valence-corrected chi connectivity index (χ4v) is 4.36. The van der Waals surface area contributed by atoms with Crippen molar-refractivity contribution in [3.05, 3.63) is 40.5 Å². The first kappa shape index (κ1) is 15.6. The highest BCUT2D eigenvalue weighted by Gasteiger charge is 2.27. The van der Waals surface area contributed by atoms with Crippen molar-refractivity contribution in [3.8, 4) is 10.4 Å². The molecular weight excluding hydrogens is 310 g/mol. The van der Waals surface area contributed by atoms with Crippen LogP contribution in [0.1, 0.15) is 46.8 Å². The number of carbonyl (C=O) groups is 2. The summed E-state index contributed by atoms with van der Waals surface area (Å²) in [5.41, 5.74) is 15.7. The van der Waals surface area contributed by atoms with Crippen LogP contribution in [0.25, 0.3) is 10.4 Å². The van der Waals surface area contributed by atoms with E-state index in [-0.39, 0.29) is 0 Å². The lowest BCUT2D eigenvalue weighted by molar-refractivity contribution is 0.100. The maximum atomic E-state index is 11.8. The Balaban J connectivity index is 2.15. The zero-order chi connectivity index (χ0) is 16.7. The average Bonchev–Trinajstić information content (AvgIpc) is 2.83. The summed E-state index contributed by atoms with van der Waals surface area (Å²) in [6, 6.07) is 5.75. The second-order valence-corrected chi connectivity index (χ2v) is 7.06. The van der Waals surface area contributed by atoms with Crippen LogP contribution in [-0.2, 0) is 12.8 Å². The van der Waals surface area contributed by atoms with Gasteiger partial charge in [0.25, 0.3) is 5.91 Å². The minimum atomic E-state index is -0.693. The molecular formula is C17H19N3O2S. The van der Waals surface area contributed by atoms with Crippen molar-refractivity contribution in [2.24, 2.45) is 11.5 Å². The molecule has 0 aliphatic heterocycles. The van der Waals surface area contributed by atoms with Crippen LogP contribution in [0.3, 0.4) is 0 Å². The minimum Gasteiger partial charge on any atom is -0.365 e. The summed E-state index contributed by atoms with van der Waals surface area (Å²) in [5, 5.41) is 2.97. The van der Waals surface area contributed by atoms with E-state index >= 15 is 0 Å². The monoisotopic (exact) mass is 329 g/mol. The highest BCUT2D eigenvalue weighted by Crippen LogP contribution is 2.45. The molecule has 120 valence electrons. The van der Waals surface area contributed by atoms with E-state index in [0.29, 0.717) is 16.5 Å². The number of hydrogen-bond donors (Lipinski definition) is 3. The molecule has 3 amide bonds. The van der Waals surface area contributed by atoms with E-state index in [4.69, 9.17) is 11.5 Å². The molecule has 2 aromatic rings. The molecule has 0 unspecified atom stereocenters. The number of rotatable bonds is 3. The zero-order valence-corrected chi connectivity index (χ0v) is 13.9. The lowest BCUT2D eigenvalue weighted by atomic mass is 9.86. The van der Waals surface area contributed by atoms with Crippen LogP contribution in [0.2, 0.25) is 0 Å². The van der Waals surface area contributed by atoms with Crippen LogP contribution in [0, 0.1) is 0 Å². The number of nitrogens with two attached hydrogens (primary N) is 2. The molecule has 5 nitrogen and oxygen atoms in total. The van der Waals surface area contributed by atoms with Crippen molar-refractivity contribution >= 4 is 28.3 Å². The van der Waals surface area contributed by atoms with Gasteiger partial charge in [-0.2, -0.15) is 0 Å². The van der Waals surface area contributed by atoms with E-state index in [1.807, 2.05) is 0 Å². The van der Waals surface area contributed by atoms with Gasteiger partial charge in [-0.15, -0.1) is 11.3 Å². The van der Waals surface area contributed by atoms with Crippen LogP contribution < -0.4 is 16.8 Å². The number of urea groups is 1. The molecule has 0 radical (unpaired) electrons. The summed E-state index contributed by atoms with van der Waals surface area (Å²) in [4.78, 5) is 24.0. The van der Waals surface area contributed by atoms with E-state index in [1.165, 1.54) is 22.5 Å². The number of hydrogen-bond acceptors (Lipinski definition) is 3. The van der Waals surface area contributed by atoms with Crippen LogP contribution in [0.4, 0.5) is 9.80 Å². The van der Waals surface area contributed by atoms with Gasteiger partial charge in [-0.1, -0.05) is 32.0 Å². The van der Waals surface area contributed by atoms with E-state index in [2.05, 4.69) is 37.4 Å². The van der Waals surface area contributed by atoms with Crippen LogP contribution in [-0.4, -0.2) is 11.9 Å². The molecule has 0 atom stereocenters. The first-order valence-electron chi connectivity index (χ1n) is 7.53. The summed E-state index contributed by atoms with van der Waals surface area (Å²) < 4.78 is 0. The van der Waals surface area contributed by atoms with Crippen LogP contribution >= 0.6 is 11.3 Å². The molecule has 0 spiro atoms. The molecule has 23 heavy (non-hydrogen) atoms. The van der Waals surface area contributed by atoms with Gasteiger partial charge in [0.2, 0.25) is 0 Å².